The highest BCUT2D eigenvalue weighted by Crippen LogP contribution is 2.15. The molecule has 1 fully saturated rings. The summed E-state index contributed by atoms with van der Waals surface area (Å²) in [5.41, 5.74) is 0.262. The van der Waals surface area contributed by atoms with Gasteiger partial charge in [-0.05, 0) is 24.3 Å². The van der Waals surface area contributed by atoms with Gasteiger partial charge in [0.15, 0.2) is 5.65 Å². The first-order valence-corrected chi connectivity index (χ1v) is 10.1. The molecule has 0 aliphatic carbocycles. The van der Waals surface area contributed by atoms with E-state index in [1.807, 2.05) is 12.1 Å². The maximum absolute atomic E-state index is 12.7. The van der Waals surface area contributed by atoms with Gasteiger partial charge >= 0.3 is 0 Å². The monoisotopic (exact) mass is 430 g/mol. The number of aromatic nitrogens is 4. The van der Waals surface area contributed by atoms with Gasteiger partial charge in [0.05, 0.1) is 6.20 Å². The summed E-state index contributed by atoms with van der Waals surface area (Å²) in [6, 6.07) is 7.29. The van der Waals surface area contributed by atoms with E-state index in [1.165, 1.54) is 17.1 Å². The summed E-state index contributed by atoms with van der Waals surface area (Å²) in [6.07, 6.45) is 2.89. The minimum Gasteiger partial charge on any atom is -0.492 e. The van der Waals surface area contributed by atoms with Gasteiger partial charge in [0, 0.05) is 44.8 Å². The number of carbonyl (C=O) groups is 1. The van der Waals surface area contributed by atoms with Crippen LogP contribution >= 0.6 is 11.6 Å². The highest BCUT2D eigenvalue weighted by Gasteiger charge is 2.22. The molecule has 3 heterocycles. The zero-order valence-corrected chi connectivity index (χ0v) is 17.5. The first-order chi connectivity index (χ1) is 14.5. The lowest BCUT2D eigenvalue weighted by atomic mass is 10.3. The van der Waals surface area contributed by atoms with Crippen molar-refractivity contribution in [2.24, 2.45) is 7.05 Å². The Morgan fingerprint density at radius 2 is 1.90 bits per heavy atom. The Hall–Kier alpha value is -2.91. The van der Waals surface area contributed by atoms with E-state index in [1.54, 1.807) is 28.8 Å². The second-order valence-electron chi connectivity index (χ2n) is 7.21. The Morgan fingerprint density at radius 1 is 1.17 bits per heavy atom. The maximum atomic E-state index is 12.7. The van der Waals surface area contributed by atoms with Crippen LogP contribution in [0.25, 0.3) is 11.0 Å². The molecule has 0 N–H and O–H groups in total. The Bertz CT molecular complexity index is 1090. The van der Waals surface area contributed by atoms with Crippen LogP contribution in [0.2, 0.25) is 5.02 Å². The van der Waals surface area contributed by atoms with Crippen molar-refractivity contribution in [3.05, 3.63) is 52.2 Å². The number of amides is 1. The van der Waals surface area contributed by atoms with E-state index in [-0.39, 0.29) is 18.0 Å². The number of benzene rings is 1. The van der Waals surface area contributed by atoms with Gasteiger partial charge in [-0.25, -0.2) is 4.98 Å². The number of piperazine rings is 1. The number of rotatable bonds is 6. The third kappa shape index (κ3) is 4.47. The van der Waals surface area contributed by atoms with E-state index in [0.29, 0.717) is 35.8 Å². The number of nitrogens with zero attached hydrogens (tertiary/aromatic N) is 6. The molecule has 158 valence electrons. The predicted molar refractivity (Wildman–Crippen MR) is 113 cm³/mol. The molecule has 0 spiro atoms. The van der Waals surface area contributed by atoms with Crippen molar-refractivity contribution in [1.29, 1.82) is 0 Å². The zero-order chi connectivity index (χ0) is 21.1. The first kappa shape index (κ1) is 20.4. The fraction of sp³-hybridized carbons (Fsp3) is 0.400. The Morgan fingerprint density at radius 3 is 2.63 bits per heavy atom. The van der Waals surface area contributed by atoms with Crippen LogP contribution in [0, 0.1) is 0 Å². The standard InChI is InChI=1S/C20H23ClN6O3/c1-24-19-17(12-23-24)20(29)27(14-22-19)13-18(28)26-8-6-25(7-9-26)10-11-30-16-4-2-15(21)3-5-16/h2-5,12,14H,6-11,13H2,1H3. The Labute approximate surface area is 178 Å². The summed E-state index contributed by atoms with van der Waals surface area (Å²) in [7, 11) is 1.73. The minimum atomic E-state index is -0.251. The van der Waals surface area contributed by atoms with Crippen molar-refractivity contribution in [2.45, 2.75) is 6.54 Å². The number of hydrogen-bond acceptors (Lipinski definition) is 6. The number of ether oxygens (including phenoxy) is 1. The first-order valence-electron chi connectivity index (χ1n) is 9.77. The summed E-state index contributed by atoms with van der Waals surface area (Å²) in [5.74, 6) is 0.706. The molecule has 1 aliphatic heterocycles. The second kappa shape index (κ2) is 8.85. The number of halogens is 1. The molecule has 0 radical (unpaired) electrons. The average molecular weight is 431 g/mol. The molecule has 10 heteroatoms. The summed E-state index contributed by atoms with van der Waals surface area (Å²) in [6.45, 7) is 4.12. The largest absolute Gasteiger partial charge is 0.492 e. The van der Waals surface area contributed by atoms with E-state index < -0.39 is 0 Å². The molecule has 1 aromatic carbocycles. The van der Waals surface area contributed by atoms with Crippen LogP contribution in [0.5, 0.6) is 5.75 Å². The molecule has 2 aromatic heterocycles. The van der Waals surface area contributed by atoms with Crippen LogP contribution in [-0.2, 0) is 18.4 Å². The summed E-state index contributed by atoms with van der Waals surface area (Å²) >= 11 is 5.87. The molecule has 9 nitrogen and oxygen atoms in total. The topological polar surface area (TPSA) is 85.5 Å². The lowest BCUT2D eigenvalue weighted by molar-refractivity contribution is -0.133. The summed E-state index contributed by atoms with van der Waals surface area (Å²) < 4.78 is 8.62. The van der Waals surface area contributed by atoms with Crippen molar-refractivity contribution in [2.75, 3.05) is 39.3 Å². The van der Waals surface area contributed by atoms with Crippen molar-refractivity contribution in [3.63, 3.8) is 0 Å². The van der Waals surface area contributed by atoms with Gasteiger partial charge in [-0.3, -0.25) is 23.7 Å². The third-order valence-corrected chi connectivity index (χ3v) is 5.49. The van der Waals surface area contributed by atoms with Crippen molar-refractivity contribution in [1.82, 2.24) is 29.1 Å². The van der Waals surface area contributed by atoms with Crippen LogP contribution in [0.15, 0.2) is 41.6 Å². The smallest absolute Gasteiger partial charge is 0.264 e. The molecular formula is C20H23ClN6O3. The molecule has 30 heavy (non-hydrogen) atoms. The number of aryl methyl sites for hydroxylation is 1. The molecule has 1 amide bonds. The van der Waals surface area contributed by atoms with Gasteiger partial charge in [0.1, 0.15) is 30.6 Å². The lowest BCUT2D eigenvalue weighted by Crippen LogP contribution is -2.50. The van der Waals surface area contributed by atoms with Gasteiger partial charge in [0.25, 0.3) is 5.56 Å². The molecule has 1 aliphatic rings. The van der Waals surface area contributed by atoms with Gasteiger partial charge in [-0.2, -0.15) is 5.10 Å². The van der Waals surface area contributed by atoms with E-state index >= 15 is 0 Å². The number of hydrogen-bond donors (Lipinski definition) is 0. The van der Waals surface area contributed by atoms with E-state index in [4.69, 9.17) is 16.3 Å². The normalized spacial score (nSPS) is 14.9. The molecular weight excluding hydrogens is 408 g/mol. The average Bonchev–Trinajstić information content (AvgIpc) is 3.13. The summed E-state index contributed by atoms with van der Waals surface area (Å²) in [5, 5.41) is 5.14. The highest BCUT2D eigenvalue weighted by atomic mass is 35.5. The zero-order valence-electron chi connectivity index (χ0n) is 16.7. The molecule has 0 bridgehead atoms. The third-order valence-electron chi connectivity index (χ3n) is 5.24. The van der Waals surface area contributed by atoms with Crippen molar-refractivity contribution >= 4 is 28.5 Å². The molecule has 0 unspecified atom stereocenters. The van der Waals surface area contributed by atoms with Crippen LogP contribution in [-0.4, -0.2) is 74.4 Å². The highest BCUT2D eigenvalue weighted by molar-refractivity contribution is 6.30. The van der Waals surface area contributed by atoms with E-state index in [2.05, 4.69) is 15.0 Å². The lowest BCUT2D eigenvalue weighted by Gasteiger charge is -2.34. The van der Waals surface area contributed by atoms with Gasteiger partial charge in [-0.15, -0.1) is 0 Å². The minimum absolute atomic E-state index is 0.0175. The van der Waals surface area contributed by atoms with E-state index in [0.717, 1.165) is 25.4 Å². The van der Waals surface area contributed by atoms with E-state index in [9.17, 15) is 9.59 Å². The Balaban J connectivity index is 1.26. The Kier molecular flexibility index (Phi) is 6.01. The SMILES string of the molecule is Cn1ncc2c(=O)n(CC(=O)N3CCN(CCOc4ccc(Cl)cc4)CC3)cnc21. The summed E-state index contributed by atoms with van der Waals surface area (Å²) in [4.78, 5) is 33.5. The van der Waals surface area contributed by atoms with Crippen molar-refractivity contribution in [3.8, 4) is 5.75 Å². The maximum Gasteiger partial charge on any atom is 0.264 e. The molecule has 4 rings (SSSR count). The van der Waals surface area contributed by atoms with Crippen LogP contribution in [0.1, 0.15) is 0 Å². The van der Waals surface area contributed by atoms with Crippen LogP contribution in [0.4, 0.5) is 0 Å². The quantitative estimate of drug-likeness (QED) is 0.580. The van der Waals surface area contributed by atoms with Gasteiger partial charge < -0.3 is 9.64 Å². The molecule has 0 saturated carbocycles. The fourth-order valence-electron chi connectivity index (χ4n) is 3.47. The molecule has 0 atom stereocenters. The number of fused-ring (bicyclic) bond motifs is 1. The second-order valence-corrected chi connectivity index (χ2v) is 7.64. The van der Waals surface area contributed by atoms with Crippen LogP contribution in [0.3, 0.4) is 0 Å². The molecule has 1 saturated heterocycles. The number of carbonyl (C=O) groups excluding carboxylic acids is 1. The van der Waals surface area contributed by atoms with Gasteiger partial charge in [0.2, 0.25) is 5.91 Å². The molecule has 3 aromatic rings. The predicted octanol–water partition coefficient (Wildman–Crippen LogP) is 1.01. The van der Waals surface area contributed by atoms with Crippen LogP contribution < -0.4 is 10.3 Å². The van der Waals surface area contributed by atoms with Gasteiger partial charge in [-0.1, -0.05) is 11.6 Å². The fourth-order valence-corrected chi connectivity index (χ4v) is 3.60. The van der Waals surface area contributed by atoms with Crippen molar-refractivity contribution < 1.29 is 9.53 Å².